The number of rotatable bonds is 7. The third-order valence-electron chi connectivity index (χ3n) is 4.45. The van der Waals surface area contributed by atoms with Crippen molar-refractivity contribution < 1.29 is 9.15 Å². The predicted molar refractivity (Wildman–Crippen MR) is 110 cm³/mol. The molecule has 0 saturated heterocycles. The lowest BCUT2D eigenvalue weighted by atomic mass is 10.2. The summed E-state index contributed by atoms with van der Waals surface area (Å²) in [4.78, 5) is 15.1. The molecule has 4 rings (SSSR count). The van der Waals surface area contributed by atoms with E-state index in [1.54, 1.807) is 12.5 Å². The summed E-state index contributed by atoms with van der Waals surface area (Å²) >= 11 is 0. The molecule has 0 saturated carbocycles. The van der Waals surface area contributed by atoms with Crippen LogP contribution in [0.3, 0.4) is 0 Å². The van der Waals surface area contributed by atoms with E-state index in [0.29, 0.717) is 19.0 Å². The van der Waals surface area contributed by atoms with Gasteiger partial charge in [0.15, 0.2) is 0 Å². The number of benzene rings is 2. The van der Waals surface area contributed by atoms with Crippen molar-refractivity contribution in [1.82, 2.24) is 19.9 Å². The normalized spacial score (nSPS) is 11.0. The number of oxazole rings is 1. The average Bonchev–Trinajstić information content (AvgIpc) is 3.10. The first-order valence-corrected chi connectivity index (χ1v) is 9.40. The van der Waals surface area contributed by atoms with E-state index in [1.807, 2.05) is 74.6 Å². The van der Waals surface area contributed by atoms with E-state index in [-0.39, 0.29) is 0 Å². The maximum atomic E-state index is 5.94. The Morgan fingerprint density at radius 3 is 2.59 bits per heavy atom. The van der Waals surface area contributed by atoms with Crippen molar-refractivity contribution in [3.63, 3.8) is 0 Å². The van der Waals surface area contributed by atoms with Crippen molar-refractivity contribution in [2.75, 3.05) is 7.05 Å². The van der Waals surface area contributed by atoms with E-state index in [0.717, 1.165) is 34.2 Å². The first-order valence-electron chi connectivity index (χ1n) is 9.40. The summed E-state index contributed by atoms with van der Waals surface area (Å²) in [5.41, 5.74) is 2.76. The van der Waals surface area contributed by atoms with Gasteiger partial charge in [-0.05, 0) is 50.4 Å². The van der Waals surface area contributed by atoms with Gasteiger partial charge in [0, 0.05) is 24.8 Å². The number of aromatic nitrogens is 3. The fraction of sp³-hybridized carbons (Fsp3) is 0.174. The van der Waals surface area contributed by atoms with Crippen LogP contribution in [0.5, 0.6) is 11.5 Å². The summed E-state index contributed by atoms with van der Waals surface area (Å²) in [5.74, 6) is 2.93. The Labute approximate surface area is 169 Å². The van der Waals surface area contributed by atoms with E-state index in [1.165, 1.54) is 0 Å². The molecular formula is C23H22N4O2. The highest BCUT2D eigenvalue weighted by molar-refractivity contribution is 5.57. The Kier molecular flexibility index (Phi) is 5.63. The van der Waals surface area contributed by atoms with Crippen LogP contribution in [0.4, 0.5) is 0 Å². The molecule has 146 valence electrons. The van der Waals surface area contributed by atoms with Crippen LogP contribution in [0, 0.1) is 6.92 Å². The standard InChI is InChI=1S/C23H22N4O2/c1-17-22(15-27(2)14-19-11-12-24-16-25-19)26-23(28-17)18-7-6-10-21(13-18)29-20-8-4-3-5-9-20/h3-13,16H,14-15H2,1-2H3. The molecule has 0 aliphatic carbocycles. The number of hydrogen-bond donors (Lipinski definition) is 0. The maximum absolute atomic E-state index is 5.94. The maximum Gasteiger partial charge on any atom is 0.226 e. The second kappa shape index (κ2) is 8.67. The topological polar surface area (TPSA) is 64.3 Å². The first kappa shape index (κ1) is 18.8. The number of para-hydroxylation sites is 1. The van der Waals surface area contributed by atoms with E-state index >= 15 is 0 Å². The highest BCUT2D eigenvalue weighted by atomic mass is 16.5. The molecule has 6 nitrogen and oxygen atoms in total. The predicted octanol–water partition coefficient (Wildman–Crippen LogP) is 4.86. The summed E-state index contributed by atoms with van der Waals surface area (Å²) in [6, 6.07) is 19.4. The second-order valence-electron chi connectivity index (χ2n) is 6.84. The molecule has 2 aromatic carbocycles. The van der Waals surface area contributed by atoms with Gasteiger partial charge in [0.05, 0.1) is 11.4 Å². The van der Waals surface area contributed by atoms with Crippen LogP contribution >= 0.6 is 0 Å². The molecule has 2 heterocycles. The molecular weight excluding hydrogens is 364 g/mol. The Morgan fingerprint density at radius 1 is 0.966 bits per heavy atom. The molecule has 0 fully saturated rings. The van der Waals surface area contributed by atoms with Gasteiger partial charge in [-0.15, -0.1) is 0 Å². The van der Waals surface area contributed by atoms with Gasteiger partial charge in [-0.25, -0.2) is 15.0 Å². The Bertz CT molecular complexity index is 1060. The van der Waals surface area contributed by atoms with Crippen molar-refractivity contribution in [3.05, 3.63) is 90.3 Å². The van der Waals surface area contributed by atoms with Crippen LogP contribution in [0.25, 0.3) is 11.5 Å². The molecule has 0 amide bonds. The third kappa shape index (κ3) is 4.86. The molecule has 0 unspecified atom stereocenters. The number of ether oxygens (including phenoxy) is 1. The summed E-state index contributed by atoms with van der Waals surface area (Å²) in [6.07, 6.45) is 3.31. The van der Waals surface area contributed by atoms with Crippen molar-refractivity contribution in [2.45, 2.75) is 20.0 Å². The highest BCUT2D eigenvalue weighted by Gasteiger charge is 2.14. The zero-order chi connectivity index (χ0) is 20.1. The molecule has 6 heteroatoms. The molecule has 0 radical (unpaired) electrons. The largest absolute Gasteiger partial charge is 0.457 e. The summed E-state index contributed by atoms with van der Waals surface area (Å²) in [7, 11) is 2.03. The minimum absolute atomic E-state index is 0.589. The monoisotopic (exact) mass is 386 g/mol. The molecule has 2 aromatic heterocycles. The molecule has 0 bridgehead atoms. The second-order valence-corrected chi connectivity index (χ2v) is 6.84. The van der Waals surface area contributed by atoms with Gasteiger partial charge in [-0.2, -0.15) is 0 Å². The lowest BCUT2D eigenvalue weighted by Crippen LogP contribution is -2.18. The Morgan fingerprint density at radius 2 is 1.79 bits per heavy atom. The summed E-state index contributed by atoms with van der Waals surface area (Å²) in [5, 5.41) is 0. The van der Waals surface area contributed by atoms with Gasteiger partial charge >= 0.3 is 0 Å². The average molecular weight is 386 g/mol. The van der Waals surface area contributed by atoms with Gasteiger partial charge in [0.2, 0.25) is 5.89 Å². The van der Waals surface area contributed by atoms with Gasteiger partial charge < -0.3 is 9.15 Å². The quantitative estimate of drug-likeness (QED) is 0.452. The third-order valence-corrected chi connectivity index (χ3v) is 4.45. The zero-order valence-corrected chi connectivity index (χ0v) is 16.4. The lowest BCUT2D eigenvalue weighted by molar-refractivity contribution is 0.309. The summed E-state index contributed by atoms with van der Waals surface area (Å²) in [6.45, 7) is 3.32. The van der Waals surface area contributed by atoms with Crippen molar-refractivity contribution in [3.8, 4) is 23.0 Å². The van der Waals surface area contributed by atoms with E-state index < -0.39 is 0 Å². The van der Waals surface area contributed by atoms with E-state index in [2.05, 4.69) is 14.9 Å². The molecule has 4 aromatic rings. The molecule has 29 heavy (non-hydrogen) atoms. The van der Waals surface area contributed by atoms with E-state index in [4.69, 9.17) is 14.1 Å². The Hall–Kier alpha value is -3.51. The fourth-order valence-electron chi connectivity index (χ4n) is 3.02. The number of aryl methyl sites for hydroxylation is 1. The van der Waals surface area contributed by atoms with Gasteiger partial charge in [-0.1, -0.05) is 24.3 Å². The van der Waals surface area contributed by atoms with Crippen LogP contribution < -0.4 is 4.74 Å². The van der Waals surface area contributed by atoms with Crippen molar-refractivity contribution >= 4 is 0 Å². The van der Waals surface area contributed by atoms with E-state index in [9.17, 15) is 0 Å². The van der Waals surface area contributed by atoms with Gasteiger partial charge in [0.1, 0.15) is 23.6 Å². The smallest absolute Gasteiger partial charge is 0.226 e. The highest BCUT2D eigenvalue weighted by Crippen LogP contribution is 2.28. The molecule has 0 aliphatic heterocycles. The van der Waals surface area contributed by atoms with Crippen molar-refractivity contribution in [1.29, 1.82) is 0 Å². The van der Waals surface area contributed by atoms with Crippen LogP contribution in [0.1, 0.15) is 17.1 Å². The van der Waals surface area contributed by atoms with Crippen LogP contribution in [-0.4, -0.2) is 26.9 Å². The molecule has 0 aliphatic rings. The first-order chi connectivity index (χ1) is 14.2. The zero-order valence-electron chi connectivity index (χ0n) is 16.4. The number of nitrogens with zero attached hydrogens (tertiary/aromatic N) is 4. The SMILES string of the molecule is Cc1oc(-c2cccc(Oc3ccccc3)c2)nc1CN(C)Cc1ccncn1. The molecule has 0 spiro atoms. The van der Waals surface area contributed by atoms with Crippen LogP contribution in [0.2, 0.25) is 0 Å². The van der Waals surface area contributed by atoms with Crippen LogP contribution in [-0.2, 0) is 13.1 Å². The minimum atomic E-state index is 0.589. The van der Waals surface area contributed by atoms with Crippen molar-refractivity contribution in [2.24, 2.45) is 0 Å². The van der Waals surface area contributed by atoms with Crippen LogP contribution in [0.15, 0.2) is 77.6 Å². The lowest BCUT2D eigenvalue weighted by Gasteiger charge is -2.14. The minimum Gasteiger partial charge on any atom is -0.457 e. The Balaban J connectivity index is 1.48. The fourth-order valence-corrected chi connectivity index (χ4v) is 3.02. The van der Waals surface area contributed by atoms with Gasteiger partial charge in [0.25, 0.3) is 0 Å². The molecule has 0 N–H and O–H groups in total. The number of hydrogen-bond acceptors (Lipinski definition) is 6. The van der Waals surface area contributed by atoms with Gasteiger partial charge in [-0.3, -0.25) is 4.90 Å². The summed E-state index contributed by atoms with van der Waals surface area (Å²) < 4.78 is 11.9. The molecule has 0 atom stereocenters.